The van der Waals surface area contributed by atoms with Crippen molar-refractivity contribution in [3.8, 4) is 0 Å². The van der Waals surface area contributed by atoms with E-state index in [0.29, 0.717) is 12.6 Å². The molecule has 15 heavy (non-hydrogen) atoms. The highest BCUT2D eigenvalue weighted by atomic mass is 16.5. The number of carbonyl (C=O) groups excluding carboxylic acids is 1. The van der Waals surface area contributed by atoms with Gasteiger partial charge >= 0.3 is 0 Å². The van der Waals surface area contributed by atoms with E-state index >= 15 is 0 Å². The van der Waals surface area contributed by atoms with Gasteiger partial charge in [0.15, 0.2) is 0 Å². The number of rotatable bonds is 4. The van der Waals surface area contributed by atoms with E-state index in [-0.39, 0.29) is 17.4 Å². The lowest BCUT2D eigenvalue weighted by Gasteiger charge is -2.26. The van der Waals surface area contributed by atoms with Crippen molar-refractivity contribution in [2.45, 2.75) is 39.3 Å². The Kier molecular flexibility index (Phi) is 4.11. The molecule has 0 saturated carbocycles. The first-order valence-electron chi connectivity index (χ1n) is 5.54. The third-order valence-corrected chi connectivity index (χ3v) is 3.02. The minimum Gasteiger partial charge on any atom is -0.377 e. The SMILES string of the molecule is CNC(=O)C(C)(C)CN[C@@H]1CCO[C@@H]1C. The van der Waals surface area contributed by atoms with E-state index in [1.807, 2.05) is 13.8 Å². The Labute approximate surface area is 91.8 Å². The second kappa shape index (κ2) is 4.94. The zero-order valence-electron chi connectivity index (χ0n) is 10.1. The zero-order chi connectivity index (χ0) is 11.5. The van der Waals surface area contributed by atoms with Gasteiger partial charge in [0, 0.05) is 26.2 Å². The Morgan fingerprint density at radius 1 is 1.53 bits per heavy atom. The highest BCUT2D eigenvalue weighted by Crippen LogP contribution is 2.17. The van der Waals surface area contributed by atoms with E-state index in [1.165, 1.54) is 0 Å². The van der Waals surface area contributed by atoms with Gasteiger partial charge in [0.2, 0.25) is 5.91 Å². The van der Waals surface area contributed by atoms with Gasteiger partial charge in [0.05, 0.1) is 11.5 Å². The fourth-order valence-corrected chi connectivity index (χ4v) is 1.80. The molecule has 0 radical (unpaired) electrons. The number of nitrogens with one attached hydrogen (secondary N) is 2. The van der Waals surface area contributed by atoms with Crippen LogP contribution in [-0.2, 0) is 9.53 Å². The average Bonchev–Trinajstić information content (AvgIpc) is 2.60. The molecule has 0 aromatic heterocycles. The van der Waals surface area contributed by atoms with E-state index < -0.39 is 0 Å². The van der Waals surface area contributed by atoms with E-state index in [1.54, 1.807) is 7.05 Å². The van der Waals surface area contributed by atoms with Crippen LogP contribution in [0.1, 0.15) is 27.2 Å². The van der Waals surface area contributed by atoms with E-state index in [2.05, 4.69) is 17.6 Å². The summed E-state index contributed by atoms with van der Waals surface area (Å²) >= 11 is 0. The summed E-state index contributed by atoms with van der Waals surface area (Å²) in [5.41, 5.74) is -0.364. The number of amides is 1. The number of carbonyl (C=O) groups is 1. The zero-order valence-corrected chi connectivity index (χ0v) is 10.1. The van der Waals surface area contributed by atoms with Gasteiger partial charge in [-0.05, 0) is 27.2 Å². The van der Waals surface area contributed by atoms with Gasteiger partial charge in [-0.3, -0.25) is 4.79 Å². The van der Waals surface area contributed by atoms with Crippen LogP contribution in [0.15, 0.2) is 0 Å². The summed E-state index contributed by atoms with van der Waals surface area (Å²) in [5.74, 6) is 0.0709. The highest BCUT2D eigenvalue weighted by molar-refractivity contribution is 5.81. The molecule has 4 nitrogen and oxygen atoms in total. The van der Waals surface area contributed by atoms with Crippen LogP contribution in [0.5, 0.6) is 0 Å². The third kappa shape index (κ3) is 3.18. The summed E-state index contributed by atoms with van der Waals surface area (Å²) in [6, 6.07) is 0.383. The summed E-state index contributed by atoms with van der Waals surface area (Å²) in [6.45, 7) is 7.46. The Balaban J connectivity index is 2.38. The summed E-state index contributed by atoms with van der Waals surface area (Å²) in [5, 5.41) is 6.08. The number of hydrogen-bond acceptors (Lipinski definition) is 3. The van der Waals surface area contributed by atoms with Gasteiger partial charge in [0.25, 0.3) is 0 Å². The number of ether oxygens (including phenoxy) is 1. The molecular formula is C11H22N2O2. The second-order valence-corrected chi connectivity index (χ2v) is 4.81. The minimum atomic E-state index is -0.364. The van der Waals surface area contributed by atoms with Crippen molar-refractivity contribution in [3.05, 3.63) is 0 Å². The topological polar surface area (TPSA) is 50.4 Å². The maximum absolute atomic E-state index is 11.5. The van der Waals surface area contributed by atoms with Gasteiger partial charge in [-0.1, -0.05) is 0 Å². The largest absolute Gasteiger partial charge is 0.377 e. The van der Waals surface area contributed by atoms with Crippen LogP contribution in [0.25, 0.3) is 0 Å². The lowest BCUT2D eigenvalue weighted by Crippen LogP contribution is -2.46. The molecule has 1 fully saturated rings. The molecule has 0 aromatic rings. The molecular weight excluding hydrogens is 192 g/mol. The van der Waals surface area contributed by atoms with Crippen LogP contribution in [0, 0.1) is 5.41 Å². The van der Waals surface area contributed by atoms with Crippen molar-refractivity contribution in [2.24, 2.45) is 5.41 Å². The standard InChI is InChI=1S/C11H22N2O2/c1-8-9(5-6-15-8)13-7-11(2,3)10(14)12-4/h8-9,13H,5-7H2,1-4H3,(H,12,14)/t8-,9-/m1/s1. The van der Waals surface area contributed by atoms with Crippen molar-refractivity contribution >= 4 is 5.91 Å². The molecule has 1 heterocycles. The molecule has 2 N–H and O–H groups in total. The van der Waals surface area contributed by atoms with Crippen molar-refractivity contribution in [1.82, 2.24) is 10.6 Å². The molecule has 0 aromatic carbocycles. The smallest absolute Gasteiger partial charge is 0.226 e. The van der Waals surface area contributed by atoms with Gasteiger partial charge in [-0.2, -0.15) is 0 Å². The number of hydrogen-bond donors (Lipinski definition) is 2. The summed E-state index contributed by atoms with van der Waals surface area (Å²) < 4.78 is 5.45. The Morgan fingerprint density at radius 3 is 2.67 bits per heavy atom. The van der Waals surface area contributed by atoms with Crippen LogP contribution in [0.3, 0.4) is 0 Å². The van der Waals surface area contributed by atoms with Crippen LogP contribution < -0.4 is 10.6 Å². The van der Waals surface area contributed by atoms with Crippen molar-refractivity contribution in [3.63, 3.8) is 0 Å². The summed E-state index contributed by atoms with van der Waals surface area (Å²) in [4.78, 5) is 11.5. The van der Waals surface area contributed by atoms with E-state index in [4.69, 9.17) is 4.74 Å². The monoisotopic (exact) mass is 214 g/mol. The maximum atomic E-state index is 11.5. The van der Waals surface area contributed by atoms with Crippen molar-refractivity contribution in [2.75, 3.05) is 20.2 Å². The van der Waals surface area contributed by atoms with E-state index in [9.17, 15) is 4.79 Å². The molecule has 1 amide bonds. The van der Waals surface area contributed by atoms with Gasteiger partial charge in [0.1, 0.15) is 0 Å². The second-order valence-electron chi connectivity index (χ2n) is 4.81. The summed E-state index contributed by atoms with van der Waals surface area (Å²) in [6.07, 6.45) is 1.29. The predicted molar refractivity (Wildman–Crippen MR) is 59.7 cm³/mol. The van der Waals surface area contributed by atoms with Crippen molar-refractivity contribution < 1.29 is 9.53 Å². The average molecular weight is 214 g/mol. The van der Waals surface area contributed by atoms with Crippen LogP contribution in [-0.4, -0.2) is 38.3 Å². The lowest BCUT2D eigenvalue weighted by atomic mass is 9.91. The molecule has 0 unspecified atom stereocenters. The minimum absolute atomic E-state index is 0.0709. The third-order valence-electron chi connectivity index (χ3n) is 3.02. The fourth-order valence-electron chi connectivity index (χ4n) is 1.80. The maximum Gasteiger partial charge on any atom is 0.226 e. The molecule has 1 aliphatic rings. The van der Waals surface area contributed by atoms with Crippen LogP contribution in [0.4, 0.5) is 0 Å². The van der Waals surface area contributed by atoms with Crippen molar-refractivity contribution in [1.29, 1.82) is 0 Å². The Morgan fingerprint density at radius 2 is 2.20 bits per heavy atom. The molecule has 0 spiro atoms. The molecule has 1 aliphatic heterocycles. The lowest BCUT2D eigenvalue weighted by molar-refractivity contribution is -0.128. The quantitative estimate of drug-likeness (QED) is 0.717. The highest BCUT2D eigenvalue weighted by Gasteiger charge is 2.30. The Hall–Kier alpha value is -0.610. The van der Waals surface area contributed by atoms with Gasteiger partial charge in [-0.15, -0.1) is 0 Å². The van der Waals surface area contributed by atoms with E-state index in [0.717, 1.165) is 13.0 Å². The fraction of sp³-hybridized carbons (Fsp3) is 0.909. The van der Waals surface area contributed by atoms with Crippen LogP contribution in [0.2, 0.25) is 0 Å². The molecule has 0 bridgehead atoms. The predicted octanol–water partition coefficient (Wildman–Crippen LogP) is 0.526. The van der Waals surface area contributed by atoms with Crippen LogP contribution >= 0.6 is 0 Å². The molecule has 2 atom stereocenters. The Bertz CT molecular complexity index is 229. The molecule has 4 heteroatoms. The van der Waals surface area contributed by atoms with Gasteiger partial charge < -0.3 is 15.4 Å². The molecule has 1 saturated heterocycles. The molecule has 1 rings (SSSR count). The first kappa shape index (κ1) is 12.5. The molecule has 88 valence electrons. The van der Waals surface area contributed by atoms with Gasteiger partial charge in [-0.25, -0.2) is 0 Å². The normalized spacial score (nSPS) is 26.7. The first-order chi connectivity index (χ1) is 6.97. The molecule has 0 aliphatic carbocycles. The summed E-state index contributed by atoms with van der Waals surface area (Å²) in [7, 11) is 1.67. The first-order valence-corrected chi connectivity index (χ1v) is 5.54.